The third-order valence-corrected chi connectivity index (χ3v) is 7.11. The van der Waals surface area contributed by atoms with Gasteiger partial charge >= 0.3 is 5.97 Å². The highest BCUT2D eigenvalue weighted by Gasteiger charge is 2.32. The number of rotatable bonds is 7. The topological polar surface area (TPSA) is 109 Å². The van der Waals surface area contributed by atoms with Gasteiger partial charge in [-0.3, -0.25) is 14.4 Å². The number of carboxylic acid groups (broad SMARTS) is 1. The standard InChI is InChI=1S/C22H20N2O5S2/c25-18(26)10-23-21(28)19-20(27)14-11-30-12-16(14)24(22(19)29)15(17-7-4-8-31-17)9-13-5-2-1-3-6-13/h1-8,15,27H,9-12H2,(H,23,28)(H,25,26). The summed E-state index contributed by atoms with van der Waals surface area (Å²) < 4.78 is 1.61. The molecule has 1 aliphatic heterocycles. The van der Waals surface area contributed by atoms with Gasteiger partial charge in [-0.1, -0.05) is 36.4 Å². The molecule has 1 aliphatic rings. The van der Waals surface area contributed by atoms with Crippen LogP contribution in [0.3, 0.4) is 0 Å². The summed E-state index contributed by atoms with van der Waals surface area (Å²) in [6, 6.07) is 13.3. The van der Waals surface area contributed by atoms with Crippen LogP contribution in [-0.4, -0.2) is 33.2 Å². The number of nitrogens with zero attached hydrogens (tertiary/aromatic N) is 1. The van der Waals surface area contributed by atoms with Gasteiger partial charge in [0.05, 0.1) is 6.04 Å². The van der Waals surface area contributed by atoms with Crippen molar-refractivity contribution in [1.82, 2.24) is 9.88 Å². The number of thiophene rings is 1. The first-order valence-corrected chi connectivity index (χ1v) is 11.6. The Kier molecular flexibility index (Phi) is 6.15. The number of benzene rings is 1. The van der Waals surface area contributed by atoms with E-state index in [0.717, 1.165) is 10.4 Å². The van der Waals surface area contributed by atoms with Crippen molar-refractivity contribution in [3.63, 3.8) is 0 Å². The van der Waals surface area contributed by atoms with Gasteiger partial charge in [-0.2, -0.15) is 11.8 Å². The summed E-state index contributed by atoms with van der Waals surface area (Å²) in [5, 5.41) is 23.7. The van der Waals surface area contributed by atoms with Crippen LogP contribution in [0.15, 0.2) is 52.6 Å². The number of nitrogens with one attached hydrogen (secondary N) is 1. The highest BCUT2D eigenvalue weighted by Crippen LogP contribution is 2.39. The van der Waals surface area contributed by atoms with Crippen LogP contribution in [0, 0.1) is 0 Å². The molecule has 1 atom stereocenters. The Hall–Kier alpha value is -3.04. The molecule has 2 aromatic heterocycles. The van der Waals surface area contributed by atoms with Crippen LogP contribution < -0.4 is 10.9 Å². The minimum Gasteiger partial charge on any atom is -0.507 e. The Morgan fingerprint density at radius 2 is 1.90 bits per heavy atom. The Balaban J connectivity index is 1.88. The zero-order valence-corrected chi connectivity index (χ0v) is 18.0. The van der Waals surface area contributed by atoms with Gasteiger partial charge in [0.25, 0.3) is 11.5 Å². The number of aromatic nitrogens is 1. The Bertz CT molecular complexity index is 1170. The molecule has 4 rings (SSSR count). The molecule has 0 aliphatic carbocycles. The number of fused-ring (bicyclic) bond motifs is 1. The number of amides is 1. The minimum absolute atomic E-state index is 0.353. The minimum atomic E-state index is -1.23. The van der Waals surface area contributed by atoms with Crippen molar-refractivity contribution >= 4 is 35.0 Å². The molecule has 0 fully saturated rings. The van der Waals surface area contributed by atoms with Crippen molar-refractivity contribution < 1.29 is 19.8 Å². The normalized spacial score (nSPS) is 13.5. The van der Waals surface area contributed by atoms with Crippen molar-refractivity contribution in [1.29, 1.82) is 0 Å². The lowest BCUT2D eigenvalue weighted by Crippen LogP contribution is -2.38. The molecule has 3 aromatic rings. The van der Waals surface area contributed by atoms with E-state index in [0.29, 0.717) is 29.2 Å². The summed E-state index contributed by atoms with van der Waals surface area (Å²) in [5.74, 6) is -1.45. The van der Waals surface area contributed by atoms with E-state index >= 15 is 0 Å². The van der Waals surface area contributed by atoms with Crippen LogP contribution in [0.2, 0.25) is 0 Å². The lowest BCUT2D eigenvalue weighted by atomic mass is 10.0. The fourth-order valence-corrected chi connectivity index (χ4v) is 5.68. The van der Waals surface area contributed by atoms with Crippen molar-refractivity contribution in [3.05, 3.63) is 85.5 Å². The molecule has 0 saturated heterocycles. The first kappa shape index (κ1) is 21.2. The highest BCUT2D eigenvalue weighted by atomic mass is 32.2. The molecule has 0 saturated carbocycles. The fraction of sp³-hybridized carbons (Fsp3) is 0.227. The molecule has 160 valence electrons. The third kappa shape index (κ3) is 4.24. The number of aromatic hydroxyl groups is 1. The molecule has 0 spiro atoms. The molecule has 3 heterocycles. The van der Waals surface area contributed by atoms with Gasteiger partial charge in [0.2, 0.25) is 0 Å². The molecule has 0 bridgehead atoms. The predicted molar refractivity (Wildman–Crippen MR) is 120 cm³/mol. The SMILES string of the molecule is O=C(O)CNC(=O)c1c(O)c2c(n(C(Cc3ccccc3)c3cccs3)c1=O)CSC2. The average molecular weight is 457 g/mol. The molecule has 0 radical (unpaired) electrons. The average Bonchev–Trinajstić information content (AvgIpc) is 3.45. The Morgan fingerprint density at radius 1 is 1.13 bits per heavy atom. The van der Waals surface area contributed by atoms with Gasteiger partial charge in [0.1, 0.15) is 17.9 Å². The largest absolute Gasteiger partial charge is 0.507 e. The molecule has 1 amide bonds. The smallest absolute Gasteiger partial charge is 0.322 e. The van der Waals surface area contributed by atoms with Crippen LogP contribution in [-0.2, 0) is 22.7 Å². The van der Waals surface area contributed by atoms with Crippen LogP contribution in [0.1, 0.15) is 38.1 Å². The van der Waals surface area contributed by atoms with Gasteiger partial charge in [-0.25, -0.2) is 0 Å². The number of carboxylic acids is 1. The number of pyridine rings is 1. The number of thioether (sulfide) groups is 1. The number of hydrogen-bond donors (Lipinski definition) is 3. The summed E-state index contributed by atoms with van der Waals surface area (Å²) >= 11 is 3.08. The van der Waals surface area contributed by atoms with Gasteiger partial charge in [-0.15, -0.1) is 11.3 Å². The summed E-state index contributed by atoms with van der Waals surface area (Å²) in [5.41, 5.74) is 1.28. The van der Waals surface area contributed by atoms with E-state index in [1.54, 1.807) is 16.3 Å². The molecular weight excluding hydrogens is 436 g/mol. The van der Waals surface area contributed by atoms with Crippen molar-refractivity contribution in [2.24, 2.45) is 0 Å². The van der Waals surface area contributed by atoms with Gasteiger partial charge in [0.15, 0.2) is 0 Å². The van der Waals surface area contributed by atoms with Crippen molar-refractivity contribution in [2.45, 2.75) is 24.0 Å². The molecule has 7 nitrogen and oxygen atoms in total. The van der Waals surface area contributed by atoms with E-state index in [2.05, 4.69) is 5.32 Å². The van der Waals surface area contributed by atoms with Crippen LogP contribution in [0.25, 0.3) is 0 Å². The van der Waals surface area contributed by atoms with Gasteiger partial charge in [-0.05, 0) is 23.4 Å². The Labute approximate surface area is 186 Å². The summed E-state index contributed by atoms with van der Waals surface area (Å²) in [6.07, 6.45) is 0.541. The third-order valence-electron chi connectivity index (χ3n) is 5.16. The summed E-state index contributed by atoms with van der Waals surface area (Å²) in [4.78, 5) is 38.0. The molecule has 3 N–H and O–H groups in total. The maximum atomic E-state index is 13.6. The lowest BCUT2D eigenvalue weighted by molar-refractivity contribution is -0.135. The second kappa shape index (κ2) is 8.99. The van der Waals surface area contributed by atoms with Gasteiger partial charge in [0, 0.05) is 27.6 Å². The van der Waals surface area contributed by atoms with E-state index in [1.165, 1.54) is 11.3 Å². The van der Waals surface area contributed by atoms with Crippen LogP contribution in [0.4, 0.5) is 0 Å². The lowest BCUT2D eigenvalue weighted by Gasteiger charge is -2.24. The van der Waals surface area contributed by atoms with E-state index in [9.17, 15) is 19.5 Å². The zero-order chi connectivity index (χ0) is 22.0. The van der Waals surface area contributed by atoms with Crippen LogP contribution in [0.5, 0.6) is 5.75 Å². The monoisotopic (exact) mass is 456 g/mol. The van der Waals surface area contributed by atoms with Crippen molar-refractivity contribution in [2.75, 3.05) is 6.54 Å². The van der Waals surface area contributed by atoms with E-state index in [4.69, 9.17) is 5.11 Å². The molecular formula is C22H20N2O5S2. The molecule has 31 heavy (non-hydrogen) atoms. The molecule has 1 aromatic carbocycles. The zero-order valence-electron chi connectivity index (χ0n) is 16.4. The highest BCUT2D eigenvalue weighted by molar-refractivity contribution is 7.98. The number of carbonyl (C=O) groups is 2. The predicted octanol–water partition coefficient (Wildman–Crippen LogP) is 3.01. The quantitative estimate of drug-likeness (QED) is 0.504. The van der Waals surface area contributed by atoms with Crippen LogP contribution >= 0.6 is 23.1 Å². The number of aliphatic carboxylic acids is 1. The summed E-state index contributed by atoms with van der Waals surface area (Å²) in [7, 11) is 0. The molecule has 9 heteroatoms. The van der Waals surface area contributed by atoms with E-state index in [1.807, 2.05) is 47.8 Å². The maximum Gasteiger partial charge on any atom is 0.322 e. The Morgan fingerprint density at radius 3 is 2.58 bits per heavy atom. The fourth-order valence-electron chi connectivity index (χ4n) is 3.75. The number of carbonyl (C=O) groups excluding carboxylic acids is 1. The van der Waals surface area contributed by atoms with Crippen molar-refractivity contribution in [3.8, 4) is 5.75 Å². The number of hydrogen-bond acceptors (Lipinski definition) is 6. The molecule has 1 unspecified atom stereocenters. The second-order valence-corrected chi connectivity index (χ2v) is 9.08. The maximum absolute atomic E-state index is 13.6. The first-order valence-electron chi connectivity index (χ1n) is 9.61. The second-order valence-electron chi connectivity index (χ2n) is 7.11. The van der Waals surface area contributed by atoms with E-state index in [-0.39, 0.29) is 11.8 Å². The first-order chi connectivity index (χ1) is 15.0. The van der Waals surface area contributed by atoms with E-state index < -0.39 is 29.5 Å². The summed E-state index contributed by atoms with van der Waals surface area (Å²) in [6.45, 7) is -0.637. The van der Waals surface area contributed by atoms with Gasteiger partial charge < -0.3 is 20.1 Å².